The van der Waals surface area contributed by atoms with Crippen LogP contribution in [0.3, 0.4) is 0 Å². The molecule has 0 aliphatic heterocycles. The molecule has 0 aliphatic rings. The lowest BCUT2D eigenvalue weighted by Crippen LogP contribution is -1.92. The summed E-state index contributed by atoms with van der Waals surface area (Å²) >= 11 is 9.22. The van der Waals surface area contributed by atoms with E-state index in [1.54, 1.807) is 18.2 Å². The molecule has 2 aromatic carbocycles. The zero-order valence-corrected chi connectivity index (χ0v) is 12.0. The van der Waals surface area contributed by atoms with Gasteiger partial charge < -0.3 is 4.74 Å². The molecule has 0 saturated heterocycles. The summed E-state index contributed by atoms with van der Waals surface area (Å²) in [5, 5.41) is 0.510. The summed E-state index contributed by atoms with van der Waals surface area (Å²) in [5.74, 6) is 1.20. The Balaban J connectivity index is 2.39. The van der Waals surface area contributed by atoms with Crippen molar-refractivity contribution >= 4 is 33.8 Å². The second-order valence-electron chi connectivity index (χ2n) is 3.81. The van der Waals surface area contributed by atoms with Crippen molar-refractivity contribution in [3.05, 3.63) is 57.0 Å². The molecule has 0 aromatic heterocycles. The predicted molar refractivity (Wildman–Crippen MR) is 75.8 cm³/mol. The zero-order valence-electron chi connectivity index (χ0n) is 9.61. The van der Waals surface area contributed by atoms with Crippen LogP contribution in [-0.4, -0.2) is 6.29 Å². The largest absolute Gasteiger partial charge is 0.456 e. The van der Waals surface area contributed by atoms with Gasteiger partial charge in [-0.25, -0.2) is 0 Å². The molecule has 0 aliphatic carbocycles. The second kappa shape index (κ2) is 5.55. The van der Waals surface area contributed by atoms with E-state index in [0.29, 0.717) is 22.1 Å². The van der Waals surface area contributed by atoms with Crippen LogP contribution in [0.2, 0.25) is 5.02 Å². The summed E-state index contributed by atoms with van der Waals surface area (Å²) in [6, 6.07) is 10.7. The Labute approximate surface area is 119 Å². The Kier molecular flexibility index (Phi) is 4.04. The number of carbonyl (C=O) groups excluding carboxylic acids is 1. The average molecular weight is 326 g/mol. The lowest BCUT2D eigenvalue weighted by atomic mass is 10.2. The molecular formula is C14H10BrClO2. The summed E-state index contributed by atoms with van der Waals surface area (Å²) in [6.07, 6.45) is 0.731. The molecule has 0 heterocycles. The fourth-order valence-electron chi connectivity index (χ4n) is 1.51. The number of hydrogen-bond acceptors (Lipinski definition) is 2. The van der Waals surface area contributed by atoms with Gasteiger partial charge in [-0.2, -0.15) is 0 Å². The van der Waals surface area contributed by atoms with Gasteiger partial charge in [0.2, 0.25) is 0 Å². The summed E-state index contributed by atoms with van der Waals surface area (Å²) in [7, 11) is 0. The van der Waals surface area contributed by atoms with Crippen LogP contribution in [-0.2, 0) is 0 Å². The van der Waals surface area contributed by atoms with Crippen molar-refractivity contribution in [3.63, 3.8) is 0 Å². The number of aldehydes is 1. The van der Waals surface area contributed by atoms with Crippen LogP contribution in [0.4, 0.5) is 0 Å². The van der Waals surface area contributed by atoms with Crippen molar-refractivity contribution in [2.45, 2.75) is 6.92 Å². The second-order valence-corrected chi connectivity index (χ2v) is 5.16. The Morgan fingerprint density at radius 1 is 1.17 bits per heavy atom. The Hall–Kier alpha value is -1.32. The Morgan fingerprint density at radius 3 is 2.67 bits per heavy atom. The molecule has 0 spiro atoms. The first-order chi connectivity index (χ1) is 8.60. The van der Waals surface area contributed by atoms with E-state index < -0.39 is 0 Å². The molecule has 0 atom stereocenters. The predicted octanol–water partition coefficient (Wildman–Crippen LogP) is 5.02. The number of aryl methyl sites for hydroxylation is 1. The molecule has 0 radical (unpaired) electrons. The maximum absolute atomic E-state index is 11.0. The lowest BCUT2D eigenvalue weighted by Gasteiger charge is -2.11. The van der Waals surface area contributed by atoms with Crippen molar-refractivity contribution in [2.24, 2.45) is 0 Å². The molecule has 2 nitrogen and oxygen atoms in total. The summed E-state index contributed by atoms with van der Waals surface area (Å²) in [6.45, 7) is 1.94. The van der Waals surface area contributed by atoms with E-state index in [-0.39, 0.29) is 0 Å². The smallest absolute Gasteiger partial charge is 0.153 e. The van der Waals surface area contributed by atoms with E-state index in [9.17, 15) is 4.79 Å². The van der Waals surface area contributed by atoms with E-state index in [4.69, 9.17) is 16.3 Å². The quantitative estimate of drug-likeness (QED) is 0.741. The first kappa shape index (κ1) is 13.1. The van der Waals surface area contributed by atoms with Crippen LogP contribution in [0.1, 0.15) is 15.9 Å². The number of benzene rings is 2. The molecule has 0 unspecified atom stereocenters. The number of halogens is 2. The van der Waals surface area contributed by atoms with Gasteiger partial charge in [-0.1, -0.05) is 33.6 Å². The van der Waals surface area contributed by atoms with Gasteiger partial charge in [-0.05, 0) is 42.8 Å². The van der Waals surface area contributed by atoms with Gasteiger partial charge in [0.25, 0.3) is 0 Å². The Morgan fingerprint density at radius 2 is 1.94 bits per heavy atom. The maximum Gasteiger partial charge on any atom is 0.153 e. The molecule has 0 N–H and O–H groups in total. The summed E-state index contributed by atoms with van der Waals surface area (Å²) in [4.78, 5) is 11.0. The van der Waals surface area contributed by atoms with Crippen LogP contribution in [0.5, 0.6) is 11.5 Å². The van der Waals surface area contributed by atoms with Crippen molar-refractivity contribution in [2.75, 3.05) is 0 Å². The van der Waals surface area contributed by atoms with E-state index in [1.807, 2.05) is 25.1 Å². The molecule has 4 heteroatoms. The fourth-order valence-corrected chi connectivity index (χ4v) is 2.03. The highest BCUT2D eigenvalue weighted by molar-refractivity contribution is 9.10. The van der Waals surface area contributed by atoms with Crippen molar-refractivity contribution < 1.29 is 9.53 Å². The van der Waals surface area contributed by atoms with E-state index >= 15 is 0 Å². The third kappa shape index (κ3) is 2.92. The molecule has 92 valence electrons. The van der Waals surface area contributed by atoms with Crippen LogP contribution < -0.4 is 4.74 Å². The monoisotopic (exact) mass is 324 g/mol. The molecule has 0 bridgehead atoms. The minimum atomic E-state index is 0.432. The van der Waals surface area contributed by atoms with Gasteiger partial charge in [0.15, 0.2) is 6.29 Å². The first-order valence-electron chi connectivity index (χ1n) is 5.29. The molecule has 0 fully saturated rings. The highest BCUT2D eigenvalue weighted by Crippen LogP contribution is 2.30. The van der Waals surface area contributed by atoms with Crippen LogP contribution in [0.15, 0.2) is 40.9 Å². The minimum Gasteiger partial charge on any atom is -0.456 e. The standard InChI is InChI=1S/C14H10BrClO2/c1-9-2-3-11(15)7-14(9)18-13-5-4-12(16)6-10(13)8-17/h2-8H,1H3. The molecule has 18 heavy (non-hydrogen) atoms. The molecular weight excluding hydrogens is 316 g/mol. The van der Waals surface area contributed by atoms with Crippen molar-refractivity contribution in [3.8, 4) is 11.5 Å². The van der Waals surface area contributed by atoms with Crippen LogP contribution >= 0.6 is 27.5 Å². The highest BCUT2D eigenvalue weighted by atomic mass is 79.9. The van der Waals surface area contributed by atoms with E-state index in [2.05, 4.69) is 15.9 Å². The first-order valence-corrected chi connectivity index (χ1v) is 6.46. The third-order valence-corrected chi connectivity index (χ3v) is 3.20. The third-order valence-electron chi connectivity index (χ3n) is 2.47. The molecule has 0 amide bonds. The van der Waals surface area contributed by atoms with Gasteiger partial charge >= 0.3 is 0 Å². The van der Waals surface area contributed by atoms with Gasteiger partial charge in [0.1, 0.15) is 11.5 Å². The van der Waals surface area contributed by atoms with E-state index in [0.717, 1.165) is 16.3 Å². The molecule has 2 rings (SSSR count). The van der Waals surface area contributed by atoms with E-state index in [1.165, 1.54) is 0 Å². The van der Waals surface area contributed by atoms with Crippen LogP contribution in [0.25, 0.3) is 0 Å². The molecule has 2 aromatic rings. The number of hydrogen-bond donors (Lipinski definition) is 0. The highest BCUT2D eigenvalue weighted by Gasteiger charge is 2.07. The fraction of sp³-hybridized carbons (Fsp3) is 0.0714. The Bertz CT molecular complexity index is 596. The topological polar surface area (TPSA) is 26.3 Å². The minimum absolute atomic E-state index is 0.432. The maximum atomic E-state index is 11.0. The van der Waals surface area contributed by atoms with Crippen molar-refractivity contribution in [1.82, 2.24) is 0 Å². The van der Waals surface area contributed by atoms with Gasteiger partial charge in [0.05, 0.1) is 5.56 Å². The van der Waals surface area contributed by atoms with Crippen molar-refractivity contribution in [1.29, 1.82) is 0 Å². The average Bonchev–Trinajstić information content (AvgIpc) is 2.36. The van der Waals surface area contributed by atoms with Crippen LogP contribution in [0, 0.1) is 6.92 Å². The van der Waals surface area contributed by atoms with Gasteiger partial charge in [0, 0.05) is 9.50 Å². The van der Waals surface area contributed by atoms with Gasteiger partial charge in [-0.15, -0.1) is 0 Å². The summed E-state index contributed by atoms with van der Waals surface area (Å²) < 4.78 is 6.67. The number of ether oxygens (including phenoxy) is 1. The number of rotatable bonds is 3. The van der Waals surface area contributed by atoms with Gasteiger partial charge in [-0.3, -0.25) is 4.79 Å². The molecule has 0 saturated carbocycles. The summed E-state index contributed by atoms with van der Waals surface area (Å²) in [5.41, 5.74) is 1.42. The number of carbonyl (C=O) groups is 1. The normalized spacial score (nSPS) is 10.2. The lowest BCUT2D eigenvalue weighted by molar-refractivity contribution is 0.112. The zero-order chi connectivity index (χ0) is 13.1. The SMILES string of the molecule is Cc1ccc(Br)cc1Oc1ccc(Cl)cc1C=O.